The molecule has 0 bridgehead atoms. The van der Waals surface area contributed by atoms with Crippen LogP contribution in [0.5, 0.6) is 5.75 Å². The highest BCUT2D eigenvalue weighted by molar-refractivity contribution is 7.89. The molecule has 0 spiro atoms. The van der Waals surface area contributed by atoms with Crippen LogP contribution in [-0.4, -0.2) is 58.5 Å². The predicted molar refractivity (Wildman–Crippen MR) is 106 cm³/mol. The molecule has 0 saturated carbocycles. The molecule has 1 rings (SSSR count). The quantitative estimate of drug-likeness (QED) is 0.415. The number of rotatable bonds is 12. The summed E-state index contributed by atoms with van der Waals surface area (Å²) in [5.41, 5.74) is 0.172. The Balaban J connectivity index is 2.80. The van der Waals surface area contributed by atoms with Gasteiger partial charge in [0.1, 0.15) is 5.75 Å². The molecule has 9 heteroatoms. The van der Waals surface area contributed by atoms with Crippen LogP contribution in [0.3, 0.4) is 0 Å². The molecule has 1 N–H and O–H groups in total. The first-order valence-corrected chi connectivity index (χ1v) is 10.8. The van der Waals surface area contributed by atoms with Crippen LogP contribution in [0.1, 0.15) is 49.9 Å². The monoisotopic (exact) mass is 414 g/mol. The number of sulfonamides is 1. The Bertz CT molecular complexity index is 760. The topological polar surface area (TPSA) is 102 Å². The maximum atomic E-state index is 12.7. The van der Waals surface area contributed by atoms with Crippen LogP contribution in [-0.2, 0) is 19.6 Å². The maximum absolute atomic E-state index is 12.7. The lowest BCUT2D eigenvalue weighted by Gasteiger charge is -2.19. The predicted octanol–water partition coefficient (Wildman–Crippen LogP) is 2.19. The van der Waals surface area contributed by atoms with Crippen LogP contribution < -0.4 is 10.1 Å². The van der Waals surface area contributed by atoms with Crippen molar-refractivity contribution in [2.75, 3.05) is 33.9 Å². The second kappa shape index (κ2) is 11.7. The summed E-state index contributed by atoms with van der Waals surface area (Å²) in [6.07, 6.45) is 2.50. The highest BCUT2D eigenvalue weighted by atomic mass is 32.2. The van der Waals surface area contributed by atoms with Gasteiger partial charge in [-0.05, 0) is 31.0 Å². The number of hydrogen-bond acceptors (Lipinski definition) is 6. The summed E-state index contributed by atoms with van der Waals surface area (Å²) in [5.74, 6) is -0.344. The van der Waals surface area contributed by atoms with Crippen LogP contribution in [0.15, 0.2) is 23.1 Å². The number of benzene rings is 1. The van der Waals surface area contributed by atoms with Crippen LogP contribution >= 0.6 is 0 Å². The molecule has 0 atom stereocenters. The maximum Gasteiger partial charge on any atom is 0.305 e. The first kappa shape index (κ1) is 23.9. The Morgan fingerprint density at radius 1 is 1.07 bits per heavy atom. The number of unbranched alkanes of at least 4 members (excludes halogenated alkanes) is 2. The van der Waals surface area contributed by atoms with Crippen molar-refractivity contribution < 1.29 is 27.5 Å². The zero-order valence-electron chi connectivity index (χ0n) is 17.0. The molecule has 0 saturated heterocycles. The summed E-state index contributed by atoms with van der Waals surface area (Å²) >= 11 is 0. The lowest BCUT2D eigenvalue weighted by Crippen LogP contribution is -2.31. The van der Waals surface area contributed by atoms with Gasteiger partial charge >= 0.3 is 5.97 Å². The fourth-order valence-corrected chi connectivity index (χ4v) is 4.19. The molecule has 0 aliphatic heterocycles. The fourth-order valence-electron chi connectivity index (χ4n) is 2.71. The Morgan fingerprint density at radius 3 is 2.32 bits per heavy atom. The summed E-state index contributed by atoms with van der Waals surface area (Å²) in [6.45, 7) is 4.63. The third-order valence-corrected chi connectivity index (χ3v) is 6.38. The number of carbonyl (C=O) groups excluding carboxylic acids is 2. The summed E-state index contributed by atoms with van der Waals surface area (Å²) in [6, 6.07) is 4.27. The first-order chi connectivity index (χ1) is 13.3. The van der Waals surface area contributed by atoms with Gasteiger partial charge in [0.15, 0.2) is 0 Å². The van der Waals surface area contributed by atoms with E-state index < -0.39 is 15.9 Å². The van der Waals surface area contributed by atoms with E-state index in [0.29, 0.717) is 44.6 Å². The summed E-state index contributed by atoms with van der Waals surface area (Å²) in [4.78, 5) is 23.6. The number of carbonyl (C=O) groups is 2. The average molecular weight is 415 g/mol. The normalized spacial score (nSPS) is 11.3. The Hall–Kier alpha value is -2.13. The van der Waals surface area contributed by atoms with Gasteiger partial charge < -0.3 is 14.8 Å². The van der Waals surface area contributed by atoms with E-state index >= 15 is 0 Å². The molecule has 28 heavy (non-hydrogen) atoms. The van der Waals surface area contributed by atoms with Gasteiger partial charge in [-0.3, -0.25) is 9.59 Å². The van der Waals surface area contributed by atoms with Gasteiger partial charge in [-0.1, -0.05) is 20.3 Å². The van der Waals surface area contributed by atoms with E-state index in [1.807, 2.05) is 0 Å². The summed E-state index contributed by atoms with van der Waals surface area (Å²) < 4.78 is 36.5. The molecule has 1 aromatic carbocycles. The van der Waals surface area contributed by atoms with E-state index in [1.54, 1.807) is 13.8 Å². The van der Waals surface area contributed by atoms with E-state index in [0.717, 1.165) is 6.42 Å². The second-order valence-corrected chi connectivity index (χ2v) is 8.03. The third-order valence-electron chi connectivity index (χ3n) is 4.33. The van der Waals surface area contributed by atoms with E-state index in [9.17, 15) is 18.0 Å². The third kappa shape index (κ3) is 6.49. The molecule has 0 aliphatic rings. The number of methoxy groups -OCH3 is 2. The van der Waals surface area contributed by atoms with Gasteiger partial charge in [-0.15, -0.1) is 0 Å². The zero-order valence-corrected chi connectivity index (χ0v) is 17.8. The van der Waals surface area contributed by atoms with Crippen LogP contribution in [0.4, 0.5) is 0 Å². The van der Waals surface area contributed by atoms with Crippen LogP contribution in [0.2, 0.25) is 0 Å². The van der Waals surface area contributed by atoms with Gasteiger partial charge in [0.05, 0.1) is 24.7 Å². The second-order valence-electron chi connectivity index (χ2n) is 6.09. The Morgan fingerprint density at radius 2 is 1.75 bits per heavy atom. The van der Waals surface area contributed by atoms with Crippen molar-refractivity contribution in [2.24, 2.45) is 0 Å². The van der Waals surface area contributed by atoms with Gasteiger partial charge in [0.25, 0.3) is 5.91 Å². The van der Waals surface area contributed by atoms with Crippen molar-refractivity contribution in [3.8, 4) is 5.75 Å². The number of esters is 1. The lowest BCUT2D eigenvalue weighted by molar-refractivity contribution is -0.140. The van der Waals surface area contributed by atoms with Crippen molar-refractivity contribution in [2.45, 2.75) is 44.4 Å². The smallest absolute Gasteiger partial charge is 0.305 e. The Labute approximate surface area is 167 Å². The molecule has 0 aromatic heterocycles. The van der Waals surface area contributed by atoms with Crippen molar-refractivity contribution in [3.63, 3.8) is 0 Å². The molecular formula is C19H30N2O6S. The molecule has 0 fully saturated rings. The summed E-state index contributed by atoms with van der Waals surface area (Å²) in [5, 5.41) is 2.77. The zero-order chi connectivity index (χ0) is 21.2. The van der Waals surface area contributed by atoms with Crippen LogP contribution in [0, 0.1) is 0 Å². The average Bonchev–Trinajstić information content (AvgIpc) is 2.70. The van der Waals surface area contributed by atoms with Gasteiger partial charge in [-0.25, -0.2) is 8.42 Å². The molecule has 0 radical (unpaired) electrons. The molecule has 158 valence electrons. The summed E-state index contributed by atoms with van der Waals surface area (Å²) in [7, 11) is -0.892. The van der Waals surface area contributed by atoms with E-state index in [1.165, 1.54) is 36.7 Å². The number of nitrogens with one attached hydrogen (secondary N) is 1. The molecular weight excluding hydrogens is 384 g/mol. The van der Waals surface area contributed by atoms with Crippen molar-refractivity contribution >= 4 is 21.9 Å². The molecule has 0 heterocycles. The molecule has 1 amide bonds. The van der Waals surface area contributed by atoms with Gasteiger partial charge in [0.2, 0.25) is 10.0 Å². The number of hydrogen-bond donors (Lipinski definition) is 1. The van der Waals surface area contributed by atoms with E-state index in [4.69, 9.17) is 4.74 Å². The minimum Gasteiger partial charge on any atom is -0.496 e. The van der Waals surface area contributed by atoms with Crippen LogP contribution in [0.25, 0.3) is 0 Å². The van der Waals surface area contributed by atoms with E-state index in [2.05, 4.69) is 10.1 Å². The number of nitrogens with zero attached hydrogens (tertiary/aromatic N) is 1. The minimum absolute atomic E-state index is 0.0558. The van der Waals surface area contributed by atoms with Crippen molar-refractivity contribution in [3.05, 3.63) is 23.8 Å². The van der Waals surface area contributed by atoms with Crippen molar-refractivity contribution in [1.29, 1.82) is 0 Å². The largest absolute Gasteiger partial charge is 0.496 e. The highest BCUT2D eigenvalue weighted by Gasteiger charge is 2.24. The lowest BCUT2D eigenvalue weighted by atomic mass is 10.1. The molecule has 0 unspecified atom stereocenters. The standard InChI is InChI=1S/C19H30N2O6S/c1-5-21(6-2)28(24,25)15-11-12-17(26-3)16(14-15)19(23)20-13-9-7-8-10-18(22)27-4/h11-12,14H,5-10,13H2,1-4H3,(H,20,23). The van der Waals surface area contributed by atoms with Crippen molar-refractivity contribution in [1.82, 2.24) is 9.62 Å². The Kier molecular flexibility index (Phi) is 9.95. The SMILES string of the molecule is CCN(CC)S(=O)(=O)c1ccc(OC)c(C(=O)NCCCCCC(=O)OC)c1. The molecule has 1 aromatic rings. The molecule has 8 nitrogen and oxygen atoms in total. The van der Waals surface area contributed by atoms with Gasteiger partial charge in [0, 0.05) is 26.1 Å². The number of ether oxygens (including phenoxy) is 2. The fraction of sp³-hybridized carbons (Fsp3) is 0.579. The number of amides is 1. The first-order valence-electron chi connectivity index (χ1n) is 9.34. The van der Waals surface area contributed by atoms with E-state index in [-0.39, 0.29) is 16.4 Å². The highest BCUT2D eigenvalue weighted by Crippen LogP contribution is 2.24. The van der Waals surface area contributed by atoms with Gasteiger partial charge in [-0.2, -0.15) is 4.31 Å². The minimum atomic E-state index is -3.67. The molecule has 0 aliphatic carbocycles.